The number of carbonyl (C=O) groups excluding carboxylic acids is 1. The van der Waals surface area contributed by atoms with Gasteiger partial charge in [-0.1, -0.05) is 6.92 Å². The fraction of sp³-hybridized carbons (Fsp3) is 0.556. The number of carbonyl (C=O) groups is 1. The maximum atomic E-state index is 11.3. The van der Waals surface area contributed by atoms with E-state index in [1.807, 2.05) is 6.92 Å². The van der Waals surface area contributed by atoms with Gasteiger partial charge in [-0.15, -0.1) is 12.4 Å². The molecule has 0 aromatic carbocycles. The zero-order valence-corrected chi connectivity index (χ0v) is 9.03. The summed E-state index contributed by atoms with van der Waals surface area (Å²) in [7, 11) is 0. The number of halogens is 1. The molecule has 0 bridgehead atoms. The molecule has 0 saturated carbocycles. The predicted octanol–water partition coefficient (Wildman–Crippen LogP) is 0.469. The standard InChI is InChI=1S/C9H12N2O3.ClH/c1-5(6-2-10-4-11-6)8-7(12)3-14-9(8)13;/h2,4-5,7-8,12H,3H2,1H3,(H,10,11);1H. The number of nitrogens with one attached hydrogen (secondary N) is 1. The summed E-state index contributed by atoms with van der Waals surface area (Å²) in [6.45, 7) is 1.97. The van der Waals surface area contributed by atoms with E-state index in [1.165, 1.54) is 0 Å². The van der Waals surface area contributed by atoms with Crippen molar-refractivity contribution in [2.24, 2.45) is 5.92 Å². The first-order valence-electron chi connectivity index (χ1n) is 4.53. The lowest BCUT2D eigenvalue weighted by Crippen LogP contribution is -2.26. The smallest absolute Gasteiger partial charge is 0.312 e. The molecule has 84 valence electrons. The van der Waals surface area contributed by atoms with Gasteiger partial charge in [-0.05, 0) is 0 Å². The minimum absolute atomic E-state index is 0. The average molecular weight is 233 g/mol. The number of H-pyrrole nitrogens is 1. The van der Waals surface area contributed by atoms with Gasteiger partial charge in [-0.25, -0.2) is 4.98 Å². The number of cyclic esters (lactones) is 1. The number of esters is 1. The zero-order chi connectivity index (χ0) is 10.1. The molecule has 0 spiro atoms. The van der Waals surface area contributed by atoms with E-state index in [2.05, 4.69) is 9.97 Å². The Morgan fingerprint density at radius 2 is 2.47 bits per heavy atom. The van der Waals surface area contributed by atoms with Gasteiger partial charge in [0.1, 0.15) is 12.7 Å². The summed E-state index contributed by atoms with van der Waals surface area (Å²) < 4.78 is 4.77. The number of aliphatic hydroxyl groups is 1. The number of hydrogen-bond acceptors (Lipinski definition) is 4. The van der Waals surface area contributed by atoms with Crippen LogP contribution in [0.15, 0.2) is 12.5 Å². The minimum atomic E-state index is -0.708. The van der Waals surface area contributed by atoms with Crippen LogP contribution in [-0.2, 0) is 9.53 Å². The number of hydrogen-bond donors (Lipinski definition) is 2. The van der Waals surface area contributed by atoms with Gasteiger partial charge >= 0.3 is 5.97 Å². The van der Waals surface area contributed by atoms with E-state index >= 15 is 0 Å². The molecule has 2 rings (SSSR count). The highest BCUT2D eigenvalue weighted by atomic mass is 35.5. The number of nitrogens with zero attached hydrogens (tertiary/aromatic N) is 1. The van der Waals surface area contributed by atoms with E-state index in [0.29, 0.717) is 0 Å². The third-order valence-electron chi connectivity index (χ3n) is 2.63. The van der Waals surface area contributed by atoms with Crippen molar-refractivity contribution in [3.05, 3.63) is 18.2 Å². The molecule has 1 fully saturated rings. The van der Waals surface area contributed by atoms with Crippen LogP contribution >= 0.6 is 12.4 Å². The summed E-state index contributed by atoms with van der Waals surface area (Å²) in [5.41, 5.74) is 0.841. The van der Waals surface area contributed by atoms with Gasteiger partial charge in [0.2, 0.25) is 0 Å². The average Bonchev–Trinajstić information content (AvgIpc) is 2.75. The van der Waals surface area contributed by atoms with Crippen molar-refractivity contribution >= 4 is 18.4 Å². The van der Waals surface area contributed by atoms with Gasteiger partial charge in [-0.3, -0.25) is 4.79 Å². The first-order valence-corrected chi connectivity index (χ1v) is 4.53. The number of imidazole rings is 1. The van der Waals surface area contributed by atoms with E-state index in [1.54, 1.807) is 12.5 Å². The van der Waals surface area contributed by atoms with Crippen molar-refractivity contribution in [3.63, 3.8) is 0 Å². The lowest BCUT2D eigenvalue weighted by atomic mass is 9.89. The zero-order valence-electron chi connectivity index (χ0n) is 8.21. The van der Waals surface area contributed by atoms with Gasteiger partial charge < -0.3 is 14.8 Å². The lowest BCUT2D eigenvalue weighted by molar-refractivity contribution is -0.141. The molecule has 1 aromatic heterocycles. The van der Waals surface area contributed by atoms with E-state index in [-0.39, 0.29) is 30.9 Å². The number of rotatable bonds is 2. The summed E-state index contributed by atoms with van der Waals surface area (Å²) in [4.78, 5) is 18.1. The molecular formula is C9H13ClN2O3. The number of aromatic nitrogens is 2. The lowest BCUT2D eigenvalue weighted by Gasteiger charge is -2.16. The second-order valence-electron chi connectivity index (χ2n) is 3.52. The van der Waals surface area contributed by atoms with Crippen LogP contribution in [0.3, 0.4) is 0 Å². The van der Waals surface area contributed by atoms with Crippen molar-refractivity contribution < 1.29 is 14.6 Å². The third-order valence-corrected chi connectivity index (χ3v) is 2.63. The predicted molar refractivity (Wildman–Crippen MR) is 54.7 cm³/mol. The van der Waals surface area contributed by atoms with Crippen molar-refractivity contribution in [3.8, 4) is 0 Å². The molecule has 1 aliphatic heterocycles. The highest BCUT2D eigenvalue weighted by Crippen LogP contribution is 2.30. The molecule has 2 heterocycles. The van der Waals surface area contributed by atoms with Crippen molar-refractivity contribution in [1.29, 1.82) is 0 Å². The second-order valence-corrected chi connectivity index (χ2v) is 3.52. The number of ether oxygens (including phenoxy) is 1. The fourth-order valence-electron chi connectivity index (χ4n) is 1.77. The molecule has 0 radical (unpaired) electrons. The van der Waals surface area contributed by atoms with E-state index in [0.717, 1.165) is 5.69 Å². The Bertz CT molecular complexity index is 328. The molecule has 6 heteroatoms. The number of aliphatic hydroxyl groups excluding tert-OH is 1. The largest absolute Gasteiger partial charge is 0.463 e. The van der Waals surface area contributed by atoms with Crippen LogP contribution < -0.4 is 0 Å². The minimum Gasteiger partial charge on any atom is -0.463 e. The van der Waals surface area contributed by atoms with Gasteiger partial charge in [0.05, 0.1) is 12.2 Å². The maximum Gasteiger partial charge on any atom is 0.312 e. The summed E-state index contributed by atoms with van der Waals surface area (Å²) in [6.07, 6.45) is 2.50. The highest BCUT2D eigenvalue weighted by molar-refractivity contribution is 5.85. The number of aromatic amines is 1. The SMILES string of the molecule is CC(c1cnc[nH]1)C1C(=O)OCC1O.Cl. The van der Waals surface area contributed by atoms with Gasteiger partial charge in [-0.2, -0.15) is 0 Å². The first-order chi connectivity index (χ1) is 6.70. The van der Waals surface area contributed by atoms with Crippen LogP contribution in [0.1, 0.15) is 18.5 Å². The maximum absolute atomic E-state index is 11.3. The Labute approximate surface area is 93.3 Å². The molecule has 1 saturated heterocycles. The molecule has 3 atom stereocenters. The van der Waals surface area contributed by atoms with Crippen molar-refractivity contribution in [2.45, 2.75) is 18.9 Å². The summed E-state index contributed by atoms with van der Waals surface area (Å²) in [6, 6.07) is 0. The third kappa shape index (κ3) is 2.13. The summed E-state index contributed by atoms with van der Waals surface area (Å²) in [5, 5.41) is 9.55. The normalized spacial score (nSPS) is 26.9. The summed E-state index contributed by atoms with van der Waals surface area (Å²) >= 11 is 0. The highest BCUT2D eigenvalue weighted by Gasteiger charge is 2.40. The van der Waals surface area contributed by atoms with E-state index in [9.17, 15) is 9.90 Å². The monoisotopic (exact) mass is 232 g/mol. The van der Waals surface area contributed by atoms with E-state index < -0.39 is 12.0 Å². The molecule has 3 unspecified atom stereocenters. The molecule has 0 amide bonds. The Morgan fingerprint density at radius 3 is 2.93 bits per heavy atom. The van der Waals surface area contributed by atoms with Crippen LogP contribution in [0.5, 0.6) is 0 Å². The van der Waals surface area contributed by atoms with E-state index in [4.69, 9.17) is 4.74 Å². The Balaban J connectivity index is 0.00000112. The van der Waals surface area contributed by atoms with Crippen LogP contribution in [-0.4, -0.2) is 33.8 Å². The van der Waals surface area contributed by atoms with Crippen molar-refractivity contribution in [2.75, 3.05) is 6.61 Å². The Hall–Kier alpha value is -1.07. The molecule has 5 nitrogen and oxygen atoms in total. The fourth-order valence-corrected chi connectivity index (χ4v) is 1.77. The molecule has 1 aromatic rings. The van der Waals surface area contributed by atoms with Gasteiger partial charge in [0.25, 0.3) is 0 Å². The van der Waals surface area contributed by atoms with Gasteiger partial charge in [0.15, 0.2) is 0 Å². The van der Waals surface area contributed by atoms with Crippen LogP contribution in [0, 0.1) is 5.92 Å². The van der Waals surface area contributed by atoms with Gasteiger partial charge in [0, 0.05) is 17.8 Å². The molecule has 0 aliphatic carbocycles. The molecule has 1 aliphatic rings. The Kier molecular flexibility index (Phi) is 3.71. The first kappa shape index (κ1) is 12.0. The quantitative estimate of drug-likeness (QED) is 0.727. The molecule has 2 N–H and O–H groups in total. The Morgan fingerprint density at radius 1 is 1.73 bits per heavy atom. The second kappa shape index (κ2) is 4.63. The molecule has 15 heavy (non-hydrogen) atoms. The summed E-state index contributed by atoms with van der Waals surface area (Å²) in [5.74, 6) is -0.905. The van der Waals surface area contributed by atoms with Crippen LogP contribution in [0.25, 0.3) is 0 Å². The molecular weight excluding hydrogens is 220 g/mol. The van der Waals surface area contributed by atoms with Crippen LogP contribution in [0.2, 0.25) is 0 Å². The van der Waals surface area contributed by atoms with Crippen LogP contribution in [0.4, 0.5) is 0 Å². The topological polar surface area (TPSA) is 75.2 Å². The van der Waals surface area contributed by atoms with Crippen molar-refractivity contribution in [1.82, 2.24) is 9.97 Å².